The summed E-state index contributed by atoms with van der Waals surface area (Å²) in [5.74, 6) is 0. The SMILES string of the molecule is COCC(C)NC1CCCC(O)C1. The lowest BCUT2D eigenvalue weighted by molar-refractivity contribution is 0.100. The number of nitrogens with one attached hydrogen (secondary N) is 1. The number of ether oxygens (including phenoxy) is 1. The van der Waals surface area contributed by atoms with Crippen molar-refractivity contribution in [1.82, 2.24) is 5.32 Å². The van der Waals surface area contributed by atoms with Gasteiger partial charge in [0, 0.05) is 19.2 Å². The quantitative estimate of drug-likeness (QED) is 0.687. The van der Waals surface area contributed by atoms with Crippen LogP contribution in [0.15, 0.2) is 0 Å². The van der Waals surface area contributed by atoms with Gasteiger partial charge in [-0.1, -0.05) is 0 Å². The summed E-state index contributed by atoms with van der Waals surface area (Å²) in [6.45, 7) is 2.86. The highest BCUT2D eigenvalue weighted by molar-refractivity contribution is 4.79. The van der Waals surface area contributed by atoms with E-state index in [0.29, 0.717) is 12.1 Å². The molecule has 1 aliphatic carbocycles. The number of methoxy groups -OCH3 is 1. The van der Waals surface area contributed by atoms with Crippen LogP contribution < -0.4 is 5.32 Å². The Kier molecular flexibility index (Phi) is 4.70. The second kappa shape index (κ2) is 5.58. The normalized spacial score (nSPS) is 31.6. The average Bonchev–Trinajstić information content (AvgIpc) is 2.04. The van der Waals surface area contributed by atoms with Crippen LogP contribution >= 0.6 is 0 Å². The summed E-state index contributed by atoms with van der Waals surface area (Å²) in [4.78, 5) is 0. The van der Waals surface area contributed by atoms with E-state index in [9.17, 15) is 5.11 Å². The Morgan fingerprint density at radius 3 is 2.92 bits per heavy atom. The molecule has 0 aliphatic heterocycles. The van der Waals surface area contributed by atoms with E-state index in [1.54, 1.807) is 7.11 Å². The predicted molar refractivity (Wildman–Crippen MR) is 52.7 cm³/mol. The maximum Gasteiger partial charge on any atom is 0.0613 e. The molecular formula is C10H21NO2. The zero-order chi connectivity index (χ0) is 9.68. The highest BCUT2D eigenvalue weighted by Crippen LogP contribution is 2.18. The summed E-state index contributed by atoms with van der Waals surface area (Å²) in [6.07, 6.45) is 4.09. The minimum Gasteiger partial charge on any atom is -0.393 e. The molecule has 1 rings (SSSR count). The van der Waals surface area contributed by atoms with Crippen LogP contribution in [0.3, 0.4) is 0 Å². The van der Waals surface area contributed by atoms with Crippen LogP contribution in [-0.2, 0) is 4.74 Å². The van der Waals surface area contributed by atoms with Crippen molar-refractivity contribution in [2.75, 3.05) is 13.7 Å². The third-order valence-corrected chi connectivity index (χ3v) is 2.58. The van der Waals surface area contributed by atoms with Gasteiger partial charge in [0.1, 0.15) is 0 Å². The number of aliphatic hydroxyl groups is 1. The van der Waals surface area contributed by atoms with Crippen LogP contribution in [0.2, 0.25) is 0 Å². The minimum absolute atomic E-state index is 0.0963. The van der Waals surface area contributed by atoms with Crippen LogP contribution in [0.4, 0.5) is 0 Å². The molecule has 1 fully saturated rings. The molecule has 3 atom stereocenters. The fourth-order valence-corrected chi connectivity index (χ4v) is 2.02. The Bertz CT molecular complexity index is 141. The van der Waals surface area contributed by atoms with E-state index in [2.05, 4.69) is 12.2 Å². The summed E-state index contributed by atoms with van der Waals surface area (Å²) in [7, 11) is 1.72. The minimum atomic E-state index is -0.0963. The molecule has 13 heavy (non-hydrogen) atoms. The van der Waals surface area contributed by atoms with Gasteiger partial charge in [-0.05, 0) is 32.6 Å². The molecule has 2 N–H and O–H groups in total. The molecule has 0 radical (unpaired) electrons. The molecule has 3 heteroatoms. The van der Waals surface area contributed by atoms with E-state index >= 15 is 0 Å². The van der Waals surface area contributed by atoms with Gasteiger partial charge in [-0.2, -0.15) is 0 Å². The molecule has 0 aromatic carbocycles. The van der Waals surface area contributed by atoms with Gasteiger partial charge < -0.3 is 15.2 Å². The lowest BCUT2D eigenvalue weighted by Crippen LogP contribution is -2.42. The first-order valence-electron chi connectivity index (χ1n) is 5.15. The zero-order valence-corrected chi connectivity index (χ0v) is 8.62. The summed E-state index contributed by atoms with van der Waals surface area (Å²) < 4.78 is 5.05. The number of hydrogen-bond acceptors (Lipinski definition) is 3. The second-order valence-electron chi connectivity index (χ2n) is 4.04. The van der Waals surface area contributed by atoms with Crippen molar-refractivity contribution in [3.63, 3.8) is 0 Å². The molecule has 0 heterocycles. The van der Waals surface area contributed by atoms with Crippen molar-refractivity contribution in [1.29, 1.82) is 0 Å². The number of hydrogen-bond donors (Lipinski definition) is 2. The van der Waals surface area contributed by atoms with Gasteiger partial charge in [0.15, 0.2) is 0 Å². The summed E-state index contributed by atoms with van der Waals surface area (Å²) >= 11 is 0. The van der Waals surface area contributed by atoms with Crippen molar-refractivity contribution in [2.24, 2.45) is 0 Å². The maximum atomic E-state index is 9.45. The first kappa shape index (κ1) is 11.0. The van der Waals surface area contributed by atoms with Crippen molar-refractivity contribution in [3.8, 4) is 0 Å². The second-order valence-corrected chi connectivity index (χ2v) is 4.04. The molecule has 1 aliphatic rings. The van der Waals surface area contributed by atoms with Crippen molar-refractivity contribution in [2.45, 2.75) is 50.8 Å². The summed E-state index contributed by atoms with van der Waals surface area (Å²) in [5, 5.41) is 12.9. The lowest BCUT2D eigenvalue weighted by atomic mass is 9.92. The van der Waals surface area contributed by atoms with Crippen LogP contribution in [-0.4, -0.2) is 37.0 Å². The van der Waals surface area contributed by atoms with Gasteiger partial charge in [0.05, 0.1) is 12.7 Å². The maximum absolute atomic E-state index is 9.45. The average molecular weight is 187 g/mol. The van der Waals surface area contributed by atoms with Crippen LogP contribution in [0.1, 0.15) is 32.6 Å². The Hall–Kier alpha value is -0.120. The first-order valence-corrected chi connectivity index (χ1v) is 5.15. The monoisotopic (exact) mass is 187 g/mol. The third-order valence-electron chi connectivity index (χ3n) is 2.58. The van der Waals surface area contributed by atoms with Crippen molar-refractivity contribution < 1.29 is 9.84 Å². The Balaban J connectivity index is 2.19. The predicted octanol–water partition coefficient (Wildman–Crippen LogP) is 0.914. The van der Waals surface area contributed by atoms with E-state index in [1.807, 2.05) is 0 Å². The molecule has 0 aromatic heterocycles. The Morgan fingerprint density at radius 2 is 2.31 bits per heavy atom. The van der Waals surface area contributed by atoms with Gasteiger partial charge in [-0.15, -0.1) is 0 Å². The van der Waals surface area contributed by atoms with Crippen molar-refractivity contribution in [3.05, 3.63) is 0 Å². The van der Waals surface area contributed by atoms with E-state index in [-0.39, 0.29) is 6.10 Å². The lowest BCUT2D eigenvalue weighted by Gasteiger charge is -2.29. The summed E-state index contributed by atoms with van der Waals surface area (Å²) in [6, 6.07) is 0.870. The van der Waals surface area contributed by atoms with Gasteiger partial charge in [0.2, 0.25) is 0 Å². The zero-order valence-electron chi connectivity index (χ0n) is 8.62. The molecule has 3 unspecified atom stereocenters. The molecule has 1 saturated carbocycles. The first-order chi connectivity index (χ1) is 6.22. The highest BCUT2D eigenvalue weighted by atomic mass is 16.5. The Labute approximate surface area is 80.5 Å². The molecule has 3 nitrogen and oxygen atoms in total. The van der Waals surface area contributed by atoms with E-state index in [1.165, 1.54) is 6.42 Å². The highest BCUT2D eigenvalue weighted by Gasteiger charge is 2.20. The molecule has 78 valence electrons. The van der Waals surface area contributed by atoms with Crippen LogP contribution in [0.5, 0.6) is 0 Å². The largest absolute Gasteiger partial charge is 0.393 e. The molecule has 0 bridgehead atoms. The van der Waals surface area contributed by atoms with Gasteiger partial charge in [-0.25, -0.2) is 0 Å². The number of rotatable bonds is 4. The standard InChI is InChI=1S/C10H21NO2/c1-8(7-13-2)11-9-4-3-5-10(12)6-9/h8-12H,3-7H2,1-2H3. The molecular weight excluding hydrogens is 166 g/mol. The Morgan fingerprint density at radius 1 is 1.54 bits per heavy atom. The molecule has 0 aromatic rings. The fourth-order valence-electron chi connectivity index (χ4n) is 2.02. The molecule has 0 spiro atoms. The van der Waals surface area contributed by atoms with Crippen LogP contribution in [0, 0.1) is 0 Å². The van der Waals surface area contributed by atoms with E-state index < -0.39 is 0 Å². The van der Waals surface area contributed by atoms with Crippen molar-refractivity contribution >= 4 is 0 Å². The summed E-state index contributed by atoms with van der Waals surface area (Å²) in [5.41, 5.74) is 0. The molecule has 0 amide bonds. The van der Waals surface area contributed by atoms with Gasteiger partial charge in [-0.3, -0.25) is 0 Å². The fraction of sp³-hybridized carbons (Fsp3) is 1.00. The van der Waals surface area contributed by atoms with E-state index in [4.69, 9.17) is 4.74 Å². The molecule has 0 saturated heterocycles. The number of aliphatic hydroxyl groups excluding tert-OH is 1. The van der Waals surface area contributed by atoms with E-state index in [0.717, 1.165) is 25.9 Å². The van der Waals surface area contributed by atoms with Gasteiger partial charge >= 0.3 is 0 Å². The van der Waals surface area contributed by atoms with Crippen LogP contribution in [0.25, 0.3) is 0 Å². The topological polar surface area (TPSA) is 41.5 Å². The smallest absolute Gasteiger partial charge is 0.0613 e. The van der Waals surface area contributed by atoms with Gasteiger partial charge in [0.25, 0.3) is 0 Å². The third kappa shape index (κ3) is 4.07.